The maximum Gasteiger partial charge on any atom is 0.410 e. The normalized spacial score (nSPS) is 18.8. The van der Waals surface area contributed by atoms with E-state index in [1.54, 1.807) is 18.3 Å². The highest BCUT2D eigenvalue weighted by molar-refractivity contribution is 6.42. The van der Waals surface area contributed by atoms with Crippen molar-refractivity contribution in [1.29, 1.82) is 0 Å². The van der Waals surface area contributed by atoms with Gasteiger partial charge in [0, 0.05) is 39.3 Å². The topological polar surface area (TPSA) is 108 Å². The molecule has 5 rings (SSSR count). The minimum atomic E-state index is -0.482. The van der Waals surface area contributed by atoms with Gasteiger partial charge in [-0.15, -0.1) is 12.4 Å². The number of anilines is 1. The number of likely N-dealkylation sites (tertiary alicyclic amines) is 2. The van der Waals surface area contributed by atoms with Crippen molar-refractivity contribution >= 4 is 58.7 Å². The molecule has 0 spiro atoms. The number of nitrogens with zero attached hydrogens (tertiary/aromatic N) is 5. The van der Waals surface area contributed by atoms with Gasteiger partial charge in [-0.2, -0.15) is 5.10 Å². The summed E-state index contributed by atoms with van der Waals surface area (Å²) in [5.41, 5.74) is 1.28. The molecule has 2 saturated heterocycles. The van der Waals surface area contributed by atoms with Crippen LogP contribution in [0.5, 0.6) is 0 Å². The molecular formula is C28H38Cl3N7O3. The molecule has 41 heavy (non-hydrogen) atoms. The molecular weight excluding hydrogens is 589 g/mol. The Labute approximate surface area is 256 Å². The van der Waals surface area contributed by atoms with Crippen LogP contribution in [0.1, 0.15) is 58.1 Å². The molecule has 2 aliphatic heterocycles. The number of benzene rings is 1. The van der Waals surface area contributed by atoms with Crippen LogP contribution in [-0.4, -0.2) is 74.0 Å². The molecule has 3 aromatic rings. The number of carbonyl (C=O) groups is 1. The number of hydrogen-bond donors (Lipinski definition) is 2. The summed E-state index contributed by atoms with van der Waals surface area (Å²) in [7, 11) is 0. The number of hydrogen-bond acceptors (Lipinski definition) is 7. The zero-order chi connectivity index (χ0) is 28.4. The predicted molar refractivity (Wildman–Crippen MR) is 164 cm³/mol. The van der Waals surface area contributed by atoms with Gasteiger partial charge in [0.15, 0.2) is 5.52 Å². The molecule has 13 heteroatoms. The number of rotatable bonds is 6. The Morgan fingerprint density at radius 2 is 1.90 bits per heavy atom. The summed E-state index contributed by atoms with van der Waals surface area (Å²) in [4.78, 5) is 37.3. The third kappa shape index (κ3) is 7.85. The van der Waals surface area contributed by atoms with E-state index in [1.165, 1.54) is 0 Å². The maximum atomic E-state index is 13.0. The fraction of sp³-hybridized carbons (Fsp3) is 0.571. The van der Waals surface area contributed by atoms with Gasteiger partial charge in [-0.1, -0.05) is 29.3 Å². The minimum absolute atomic E-state index is 0. The van der Waals surface area contributed by atoms with Crippen LogP contribution in [0.15, 0.2) is 29.2 Å². The highest BCUT2D eigenvalue weighted by Crippen LogP contribution is 2.27. The number of nitrogens with one attached hydrogen (secondary N) is 2. The van der Waals surface area contributed by atoms with Gasteiger partial charge < -0.3 is 19.9 Å². The molecule has 4 heterocycles. The standard InChI is InChI=1S/C28H37Cl2N7O3.ClH/c1-28(2,3)40-27(39)36-10-4-5-19(17-36)16-35-11-8-20(9-12-35)37-24-23(15-32-37)33-26(34-25(24)38)31-14-18-6-7-21(29)22(30)13-18;/h6-7,13,15,19-20H,4-5,8-12,14,16-17H2,1-3H3,(H2,31,33,34,38);1H. The molecule has 1 atom stereocenters. The molecule has 0 bridgehead atoms. The summed E-state index contributed by atoms with van der Waals surface area (Å²) < 4.78 is 7.42. The average molecular weight is 627 g/mol. The van der Waals surface area contributed by atoms with Gasteiger partial charge in [0.25, 0.3) is 5.56 Å². The first-order valence-electron chi connectivity index (χ1n) is 13.9. The molecule has 1 aromatic carbocycles. The van der Waals surface area contributed by atoms with Crippen molar-refractivity contribution in [3.05, 3.63) is 50.4 Å². The van der Waals surface area contributed by atoms with Gasteiger partial charge in [-0.3, -0.25) is 14.5 Å². The quantitative estimate of drug-likeness (QED) is 0.359. The predicted octanol–water partition coefficient (Wildman–Crippen LogP) is 5.74. The van der Waals surface area contributed by atoms with Crippen molar-refractivity contribution in [3.8, 4) is 0 Å². The van der Waals surface area contributed by atoms with Crippen LogP contribution >= 0.6 is 35.6 Å². The van der Waals surface area contributed by atoms with E-state index in [9.17, 15) is 9.59 Å². The lowest BCUT2D eigenvalue weighted by atomic mass is 9.96. The van der Waals surface area contributed by atoms with E-state index < -0.39 is 5.60 Å². The second-order valence-electron chi connectivity index (χ2n) is 11.8. The number of piperidine rings is 2. The van der Waals surface area contributed by atoms with Gasteiger partial charge in [-0.05, 0) is 70.1 Å². The molecule has 1 amide bonds. The summed E-state index contributed by atoms with van der Waals surface area (Å²) in [6, 6.07) is 5.52. The SMILES string of the molecule is CC(C)(C)OC(=O)N1CCCC(CN2CCC(n3ncc4nc(NCc5ccc(Cl)c(Cl)c5)[nH]c(=O)c43)CC2)C1.Cl. The number of aromatic amines is 1. The van der Waals surface area contributed by atoms with E-state index >= 15 is 0 Å². The highest BCUT2D eigenvalue weighted by Gasteiger charge is 2.30. The van der Waals surface area contributed by atoms with E-state index in [2.05, 4.69) is 25.3 Å². The van der Waals surface area contributed by atoms with Crippen LogP contribution in [-0.2, 0) is 11.3 Å². The summed E-state index contributed by atoms with van der Waals surface area (Å²) in [5.74, 6) is 0.816. The molecule has 10 nitrogen and oxygen atoms in total. The Hall–Kier alpha value is -2.53. The third-order valence-electron chi connectivity index (χ3n) is 7.49. The number of halogens is 3. The van der Waals surface area contributed by atoms with Crippen LogP contribution in [0, 0.1) is 5.92 Å². The number of carbonyl (C=O) groups excluding carboxylic acids is 1. The zero-order valence-corrected chi connectivity index (χ0v) is 26.0. The van der Waals surface area contributed by atoms with Gasteiger partial charge in [0.1, 0.15) is 11.1 Å². The van der Waals surface area contributed by atoms with E-state index in [1.807, 2.05) is 36.4 Å². The molecule has 0 radical (unpaired) electrons. The molecule has 2 aromatic heterocycles. The molecule has 2 N–H and O–H groups in total. The Morgan fingerprint density at radius 3 is 2.61 bits per heavy atom. The monoisotopic (exact) mass is 625 g/mol. The lowest BCUT2D eigenvalue weighted by Gasteiger charge is -2.38. The van der Waals surface area contributed by atoms with Gasteiger partial charge in [-0.25, -0.2) is 9.78 Å². The molecule has 1 unspecified atom stereocenters. The minimum Gasteiger partial charge on any atom is -0.444 e. The van der Waals surface area contributed by atoms with Crippen molar-refractivity contribution < 1.29 is 9.53 Å². The second kappa shape index (κ2) is 13.2. The Balaban J connectivity index is 0.00000387. The largest absolute Gasteiger partial charge is 0.444 e. The molecule has 2 aliphatic rings. The van der Waals surface area contributed by atoms with Crippen LogP contribution in [0.3, 0.4) is 0 Å². The number of aromatic nitrogens is 4. The fourth-order valence-electron chi connectivity index (χ4n) is 5.58. The van der Waals surface area contributed by atoms with Crippen LogP contribution in [0.25, 0.3) is 11.0 Å². The average Bonchev–Trinajstić information content (AvgIpc) is 3.34. The van der Waals surface area contributed by atoms with E-state index in [0.717, 1.165) is 64.0 Å². The second-order valence-corrected chi connectivity index (χ2v) is 12.6. The lowest BCUT2D eigenvalue weighted by Crippen LogP contribution is -2.46. The van der Waals surface area contributed by atoms with E-state index in [4.69, 9.17) is 27.9 Å². The number of H-pyrrole nitrogens is 1. The van der Waals surface area contributed by atoms with Crippen molar-refractivity contribution in [3.63, 3.8) is 0 Å². The summed E-state index contributed by atoms with van der Waals surface area (Å²) in [6.45, 7) is 10.4. The smallest absolute Gasteiger partial charge is 0.410 e. The Morgan fingerprint density at radius 1 is 1.15 bits per heavy atom. The highest BCUT2D eigenvalue weighted by atomic mass is 35.5. The first-order chi connectivity index (χ1) is 19.1. The van der Waals surface area contributed by atoms with Crippen molar-refractivity contribution in [2.75, 3.05) is 38.0 Å². The molecule has 0 saturated carbocycles. The van der Waals surface area contributed by atoms with Gasteiger partial charge >= 0.3 is 6.09 Å². The van der Waals surface area contributed by atoms with E-state index in [0.29, 0.717) is 39.5 Å². The van der Waals surface area contributed by atoms with Gasteiger partial charge in [0.2, 0.25) is 5.95 Å². The summed E-state index contributed by atoms with van der Waals surface area (Å²) >= 11 is 12.1. The molecule has 224 valence electrons. The lowest BCUT2D eigenvalue weighted by molar-refractivity contribution is 0.0136. The molecule has 2 fully saturated rings. The van der Waals surface area contributed by atoms with Crippen molar-refractivity contribution in [2.24, 2.45) is 5.92 Å². The van der Waals surface area contributed by atoms with Gasteiger partial charge in [0.05, 0.1) is 22.3 Å². The first kappa shape index (κ1) is 31.4. The zero-order valence-electron chi connectivity index (χ0n) is 23.7. The van der Waals surface area contributed by atoms with Crippen molar-refractivity contribution in [1.82, 2.24) is 29.5 Å². The Kier molecular flexibility index (Phi) is 10.1. The number of ether oxygens (including phenoxy) is 1. The number of amides is 1. The molecule has 0 aliphatic carbocycles. The van der Waals surface area contributed by atoms with E-state index in [-0.39, 0.29) is 30.1 Å². The van der Waals surface area contributed by atoms with Crippen LogP contribution < -0.4 is 10.9 Å². The van der Waals surface area contributed by atoms with Crippen LogP contribution in [0.2, 0.25) is 10.0 Å². The first-order valence-corrected chi connectivity index (χ1v) is 14.7. The summed E-state index contributed by atoms with van der Waals surface area (Å²) in [6.07, 6.45) is 5.36. The van der Waals surface area contributed by atoms with Crippen LogP contribution in [0.4, 0.5) is 10.7 Å². The fourth-order valence-corrected chi connectivity index (χ4v) is 5.91. The maximum absolute atomic E-state index is 13.0. The Bertz CT molecular complexity index is 1410. The van der Waals surface area contributed by atoms with Crippen molar-refractivity contribution in [2.45, 2.75) is 64.6 Å². The summed E-state index contributed by atoms with van der Waals surface area (Å²) in [5, 5.41) is 8.68. The number of fused-ring (bicyclic) bond motifs is 1. The third-order valence-corrected chi connectivity index (χ3v) is 8.23.